The number of rotatable bonds is 3. The number of hydrogen-bond acceptors (Lipinski definition) is 2. The lowest BCUT2D eigenvalue weighted by atomic mass is 9.79. The molecule has 18 heavy (non-hydrogen) atoms. The summed E-state index contributed by atoms with van der Waals surface area (Å²) in [5, 5.41) is -5.42. The zero-order valence-electron chi connectivity index (χ0n) is 9.61. The Morgan fingerprint density at radius 2 is 1.61 bits per heavy atom. The Kier molecular flexibility index (Phi) is 2.98. The van der Waals surface area contributed by atoms with E-state index >= 15 is 0 Å². The maximum Gasteiger partial charge on any atom is 0.431 e. The summed E-state index contributed by atoms with van der Waals surface area (Å²) in [6, 6.07) is 0. The van der Waals surface area contributed by atoms with Crippen molar-refractivity contribution in [1.29, 1.82) is 0 Å². The summed E-state index contributed by atoms with van der Waals surface area (Å²) in [7, 11) is -6.11. The minimum atomic E-state index is -6.11. The largest absolute Gasteiger partial charge is 0.431 e. The molecule has 0 aromatic rings. The molecule has 1 N–H and O–H groups in total. The molecule has 2 aliphatic carbocycles. The van der Waals surface area contributed by atoms with E-state index in [9.17, 15) is 26.0 Å². The molecule has 0 saturated heterocycles. The van der Waals surface area contributed by atoms with Gasteiger partial charge in [0.15, 0.2) is 0 Å². The third-order valence-corrected chi connectivity index (χ3v) is 5.31. The standard InChI is InChI=1S/C10H14F4O3S/c1-5-2-7-3-6(5)4-8(7)9(11,12)10(13,14)18(15,16)17/h5-8H,2-4H2,1H3,(H,15,16,17). The summed E-state index contributed by atoms with van der Waals surface area (Å²) in [6.45, 7) is 1.87. The van der Waals surface area contributed by atoms with Crippen molar-refractivity contribution in [2.75, 3.05) is 0 Å². The Morgan fingerprint density at radius 1 is 1.06 bits per heavy atom. The molecule has 2 rings (SSSR count). The van der Waals surface area contributed by atoms with Crippen LogP contribution < -0.4 is 0 Å². The third kappa shape index (κ3) is 1.76. The average molecular weight is 290 g/mol. The SMILES string of the molecule is CC1CC2CC1CC2C(F)(F)C(F)(F)S(=O)(=O)O. The van der Waals surface area contributed by atoms with Crippen LogP contribution in [0.4, 0.5) is 17.6 Å². The summed E-state index contributed by atoms with van der Waals surface area (Å²) in [6.07, 6.45) is 0.736. The Balaban J connectivity index is 2.29. The number of halogens is 4. The first-order valence-corrected chi connectivity index (χ1v) is 7.15. The molecule has 0 heterocycles. The predicted molar refractivity (Wildman–Crippen MR) is 54.9 cm³/mol. The van der Waals surface area contributed by atoms with E-state index in [1.54, 1.807) is 0 Å². The first-order valence-electron chi connectivity index (χ1n) is 5.71. The van der Waals surface area contributed by atoms with Gasteiger partial charge in [-0.25, -0.2) is 0 Å². The molecular weight excluding hydrogens is 276 g/mol. The van der Waals surface area contributed by atoms with Gasteiger partial charge in [0.05, 0.1) is 0 Å². The minimum Gasteiger partial charge on any atom is -0.281 e. The topological polar surface area (TPSA) is 54.4 Å². The first-order chi connectivity index (χ1) is 7.98. The molecule has 3 nitrogen and oxygen atoms in total. The molecule has 0 radical (unpaired) electrons. The van der Waals surface area contributed by atoms with Gasteiger partial charge in [-0.2, -0.15) is 26.0 Å². The van der Waals surface area contributed by atoms with E-state index < -0.39 is 33.1 Å². The summed E-state index contributed by atoms with van der Waals surface area (Å²) < 4.78 is 83.0. The monoisotopic (exact) mass is 290 g/mol. The highest BCUT2D eigenvalue weighted by molar-refractivity contribution is 7.87. The second-order valence-corrected chi connectivity index (χ2v) is 6.89. The maximum atomic E-state index is 13.7. The molecule has 4 atom stereocenters. The normalized spacial score (nSPS) is 37.2. The van der Waals surface area contributed by atoms with E-state index in [0.29, 0.717) is 12.8 Å². The van der Waals surface area contributed by atoms with Crippen LogP contribution in [-0.2, 0) is 10.1 Å². The van der Waals surface area contributed by atoms with Gasteiger partial charge in [0.2, 0.25) is 0 Å². The molecular formula is C10H14F4O3S. The molecule has 0 aromatic heterocycles. The summed E-state index contributed by atoms with van der Waals surface area (Å²) in [4.78, 5) is 0. The van der Waals surface area contributed by atoms with Crippen LogP contribution in [-0.4, -0.2) is 24.1 Å². The van der Waals surface area contributed by atoms with Crippen molar-refractivity contribution >= 4 is 10.1 Å². The highest BCUT2D eigenvalue weighted by Crippen LogP contribution is 2.59. The van der Waals surface area contributed by atoms with Crippen molar-refractivity contribution in [3.05, 3.63) is 0 Å². The van der Waals surface area contributed by atoms with Gasteiger partial charge in [-0.05, 0) is 37.0 Å². The smallest absolute Gasteiger partial charge is 0.281 e. The zero-order valence-corrected chi connectivity index (χ0v) is 10.4. The lowest BCUT2D eigenvalue weighted by molar-refractivity contribution is -0.203. The first kappa shape index (κ1) is 14.0. The summed E-state index contributed by atoms with van der Waals surface area (Å²) >= 11 is 0. The Hall–Kier alpha value is -0.370. The van der Waals surface area contributed by atoms with Gasteiger partial charge in [-0.3, -0.25) is 4.55 Å². The van der Waals surface area contributed by atoms with E-state index in [4.69, 9.17) is 4.55 Å². The van der Waals surface area contributed by atoms with Gasteiger partial charge in [0.25, 0.3) is 0 Å². The van der Waals surface area contributed by atoms with E-state index in [1.807, 2.05) is 6.92 Å². The van der Waals surface area contributed by atoms with E-state index in [0.717, 1.165) is 0 Å². The van der Waals surface area contributed by atoms with Crippen molar-refractivity contribution < 1.29 is 30.5 Å². The fourth-order valence-corrected chi connectivity index (χ4v) is 3.89. The van der Waals surface area contributed by atoms with Gasteiger partial charge < -0.3 is 0 Å². The molecule has 0 aliphatic heterocycles. The Bertz CT molecular complexity index is 446. The summed E-state index contributed by atoms with van der Waals surface area (Å²) in [5.74, 6) is -6.83. The molecule has 2 aliphatic rings. The Labute approximate surface area is 102 Å². The van der Waals surface area contributed by atoms with E-state index in [-0.39, 0.29) is 18.3 Å². The van der Waals surface area contributed by atoms with E-state index in [2.05, 4.69) is 0 Å². The van der Waals surface area contributed by atoms with Crippen LogP contribution in [0.25, 0.3) is 0 Å². The molecule has 2 bridgehead atoms. The van der Waals surface area contributed by atoms with Gasteiger partial charge in [-0.1, -0.05) is 6.92 Å². The van der Waals surface area contributed by atoms with Crippen LogP contribution in [0.15, 0.2) is 0 Å². The fourth-order valence-electron chi connectivity index (χ4n) is 3.39. The average Bonchev–Trinajstić information content (AvgIpc) is 2.73. The molecule has 106 valence electrons. The lowest BCUT2D eigenvalue weighted by Crippen LogP contribution is -2.52. The minimum absolute atomic E-state index is 0.0527. The number of hydrogen-bond donors (Lipinski definition) is 1. The van der Waals surface area contributed by atoms with Crippen LogP contribution in [0, 0.1) is 23.7 Å². The molecule has 0 aromatic carbocycles. The maximum absolute atomic E-state index is 13.7. The van der Waals surface area contributed by atoms with Crippen molar-refractivity contribution in [2.24, 2.45) is 23.7 Å². The molecule has 0 spiro atoms. The second-order valence-electron chi connectivity index (χ2n) is 5.43. The van der Waals surface area contributed by atoms with Crippen molar-refractivity contribution in [3.63, 3.8) is 0 Å². The highest BCUT2D eigenvalue weighted by atomic mass is 32.2. The second kappa shape index (κ2) is 3.82. The van der Waals surface area contributed by atoms with Gasteiger partial charge in [-0.15, -0.1) is 0 Å². The lowest BCUT2D eigenvalue weighted by Gasteiger charge is -2.35. The van der Waals surface area contributed by atoms with Crippen LogP contribution in [0.2, 0.25) is 0 Å². The quantitative estimate of drug-likeness (QED) is 0.642. The van der Waals surface area contributed by atoms with Crippen LogP contribution >= 0.6 is 0 Å². The molecule has 8 heteroatoms. The molecule has 2 saturated carbocycles. The fraction of sp³-hybridized carbons (Fsp3) is 1.00. The van der Waals surface area contributed by atoms with Crippen molar-refractivity contribution in [3.8, 4) is 0 Å². The number of fused-ring (bicyclic) bond motifs is 2. The van der Waals surface area contributed by atoms with Crippen LogP contribution in [0.5, 0.6) is 0 Å². The third-order valence-electron chi connectivity index (χ3n) is 4.39. The highest BCUT2D eigenvalue weighted by Gasteiger charge is 2.71. The molecule has 2 fully saturated rings. The molecule has 0 amide bonds. The summed E-state index contributed by atoms with van der Waals surface area (Å²) in [5.41, 5.74) is 0. The van der Waals surface area contributed by atoms with Crippen LogP contribution in [0.3, 0.4) is 0 Å². The van der Waals surface area contributed by atoms with Crippen molar-refractivity contribution in [1.82, 2.24) is 0 Å². The van der Waals surface area contributed by atoms with Gasteiger partial charge >= 0.3 is 21.3 Å². The van der Waals surface area contributed by atoms with Gasteiger partial charge in [0.1, 0.15) is 0 Å². The number of alkyl halides is 4. The zero-order chi connectivity index (χ0) is 13.9. The molecule has 4 unspecified atom stereocenters. The van der Waals surface area contributed by atoms with Gasteiger partial charge in [0, 0.05) is 5.92 Å². The Morgan fingerprint density at radius 3 is 1.94 bits per heavy atom. The predicted octanol–water partition coefficient (Wildman–Crippen LogP) is 2.78. The van der Waals surface area contributed by atoms with Crippen molar-refractivity contribution in [2.45, 2.75) is 37.4 Å². The van der Waals surface area contributed by atoms with E-state index in [1.165, 1.54) is 0 Å². The van der Waals surface area contributed by atoms with Crippen LogP contribution in [0.1, 0.15) is 26.2 Å².